The van der Waals surface area contributed by atoms with Crippen LogP contribution in [0.3, 0.4) is 0 Å². The predicted octanol–water partition coefficient (Wildman–Crippen LogP) is 4.75. The molecule has 0 amide bonds. The van der Waals surface area contributed by atoms with Crippen LogP contribution >= 0.6 is 15.5 Å². The van der Waals surface area contributed by atoms with Gasteiger partial charge in [-0.25, -0.2) is 9.36 Å². The van der Waals surface area contributed by atoms with Crippen molar-refractivity contribution in [2.24, 2.45) is 0 Å². The molecule has 1 unspecified atom stereocenters. The molecule has 0 rings (SSSR count). The van der Waals surface area contributed by atoms with Crippen LogP contribution in [0.2, 0.25) is 0 Å². The summed E-state index contributed by atoms with van der Waals surface area (Å²) in [5, 5.41) is -1.92. The van der Waals surface area contributed by atoms with Crippen molar-refractivity contribution >= 4 is 20.8 Å². The van der Waals surface area contributed by atoms with Gasteiger partial charge >= 0.3 is 20.8 Å². The van der Waals surface area contributed by atoms with Gasteiger partial charge in [-0.2, -0.15) is 14.7 Å². The second-order valence-corrected chi connectivity index (χ2v) is 9.69. The zero-order chi connectivity index (χ0) is 18.5. The molecule has 0 bridgehead atoms. The first-order valence-electron chi connectivity index (χ1n) is 8.81. The van der Waals surface area contributed by atoms with E-state index in [-0.39, 0.29) is 6.61 Å². The Bertz CT molecular complexity index is 383. The number of hydrogen-bond donors (Lipinski definition) is 4. The first-order chi connectivity index (χ1) is 11.2. The lowest BCUT2D eigenvalue weighted by molar-refractivity contribution is 0.229. The molecule has 1 atom stereocenters. The first-order valence-corrected chi connectivity index (χ1v) is 12.0. The lowest BCUT2D eigenvalue weighted by Gasteiger charge is -2.09. The lowest BCUT2D eigenvalue weighted by Crippen LogP contribution is -2.07. The van der Waals surface area contributed by atoms with Gasteiger partial charge in [0.25, 0.3) is 0 Å². The third-order valence-electron chi connectivity index (χ3n) is 3.76. The van der Waals surface area contributed by atoms with Crippen LogP contribution in [0.15, 0.2) is 0 Å². The smallest absolute Gasteiger partial charge is 0.316 e. The van der Waals surface area contributed by atoms with Crippen molar-refractivity contribution in [1.29, 1.82) is 0 Å². The molecule has 0 aliphatic carbocycles. The molecule has 0 fully saturated rings. The Labute approximate surface area is 145 Å². The van der Waals surface area contributed by atoms with Crippen LogP contribution < -0.4 is 0 Å². The minimum atomic E-state index is -4.99. The molecule has 0 aliphatic rings. The fourth-order valence-electron chi connectivity index (χ4n) is 2.36. The molecule has 24 heavy (non-hydrogen) atoms. The van der Waals surface area contributed by atoms with Crippen LogP contribution in [0.5, 0.6) is 0 Å². The van der Waals surface area contributed by atoms with Crippen molar-refractivity contribution in [3.63, 3.8) is 0 Å². The van der Waals surface area contributed by atoms with E-state index < -0.39 is 20.8 Å². The number of unbranched alkanes of at least 4 members (excludes halogenated alkanes) is 11. The third-order valence-corrected chi connectivity index (χ3v) is 6.86. The van der Waals surface area contributed by atoms with Crippen molar-refractivity contribution in [1.82, 2.24) is 0 Å². The van der Waals surface area contributed by atoms with Crippen LogP contribution in [-0.2, 0) is 9.09 Å². The van der Waals surface area contributed by atoms with E-state index in [2.05, 4.69) is 11.4 Å². The summed E-state index contributed by atoms with van der Waals surface area (Å²) in [6, 6.07) is 0. The summed E-state index contributed by atoms with van der Waals surface area (Å²) in [5.41, 5.74) is 0. The maximum atomic E-state index is 11.4. The molecule has 0 spiro atoms. The van der Waals surface area contributed by atoms with Gasteiger partial charge in [-0.3, -0.25) is 0 Å². The molecule has 0 aromatic rings. The van der Waals surface area contributed by atoms with E-state index >= 15 is 0 Å². The van der Waals surface area contributed by atoms with Crippen LogP contribution in [0.1, 0.15) is 84.0 Å². The van der Waals surface area contributed by atoms with Gasteiger partial charge in [0.15, 0.2) is 0 Å². The molecule has 144 valence electrons. The van der Waals surface area contributed by atoms with E-state index in [9.17, 15) is 14.3 Å². The SMILES string of the molecule is CCCCCCCCCCCCCCOP(=O)(O)C(=O)[P+](O)(O)O. The summed E-state index contributed by atoms with van der Waals surface area (Å²) in [6.45, 7) is 2.08. The molecule has 4 N–H and O–H groups in total. The summed E-state index contributed by atoms with van der Waals surface area (Å²) in [4.78, 5) is 46.4. The molecular formula is C15H33O7P2+. The minimum Gasteiger partial charge on any atom is -0.316 e. The first kappa shape index (κ1) is 24.1. The highest BCUT2D eigenvalue weighted by molar-refractivity contribution is 8.00. The Balaban J connectivity index is 3.48. The summed E-state index contributed by atoms with van der Waals surface area (Å²) >= 11 is 0. The summed E-state index contributed by atoms with van der Waals surface area (Å²) in [6.07, 6.45) is 13.6. The van der Waals surface area contributed by atoms with Crippen molar-refractivity contribution in [3.05, 3.63) is 0 Å². The molecule has 9 heteroatoms. The van der Waals surface area contributed by atoms with Crippen LogP contribution in [-0.4, -0.2) is 31.4 Å². The molecule has 0 heterocycles. The van der Waals surface area contributed by atoms with E-state index in [0.29, 0.717) is 6.42 Å². The molecule has 7 nitrogen and oxygen atoms in total. The molecule has 0 radical (unpaired) electrons. The van der Waals surface area contributed by atoms with Gasteiger partial charge in [-0.05, 0) is 6.42 Å². The zero-order valence-corrected chi connectivity index (χ0v) is 16.4. The van der Waals surface area contributed by atoms with Gasteiger partial charge in [0, 0.05) is 0 Å². The van der Waals surface area contributed by atoms with E-state index in [1.165, 1.54) is 51.4 Å². The number of rotatable bonds is 16. The van der Waals surface area contributed by atoms with Crippen LogP contribution in [0.25, 0.3) is 0 Å². The third kappa shape index (κ3) is 12.5. The van der Waals surface area contributed by atoms with Gasteiger partial charge in [-0.1, -0.05) is 77.6 Å². The highest BCUT2D eigenvalue weighted by Gasteiger charge is 2.56. The van der Waals surface area contributed by atoms with E-state index in [1.54, 1.807) is 0 Å². The largest absolute Gasteiger partial charge is 0.492 e. The summed E-state index contributed by atoms with van der Waals surface area (Å²) in [5.74, 6) is 0. The Morgan fingerprint density at radius 1 is 0.833 bits per heavy atom. The fraction of sp³-hybridized carbons (Fsp3) is 0.933. The Hall–Kier alpha value is 0.130. The van der Waals surface area contributed by atoms with Gasteiger partial charge in [0.1, 0.15) is 0 Å². The van der Waals surface area contributed by atoms with Gasteiger partial charge in [0.2, 0.25) is 0 Å². The van der Waals surface area contributed by atoms with Gasteiger partial charge in [-0.15, -0.1) is 0 Å². The maximum Gasteiger partial charge on any atom is 0.492 e. The van der Waals surface area contributed by atoms with Crippen LogP contribution in [0.4, 0.5) is 4.79 Å². The van der Waals surface area contributed by atoms with E-state index in [0.717, 1.165) is 19.3 Å². The van der Waals surface area contributed by atoms with Gasteiger partial charge in [0.05, 0.1) is 6.61 Å². The molecule has 0 saturated heterocycles. The summed E-state index contributed by atoms with van der Waals surface area (Å²) < 4.78 is 15.9. The van der Waals surface area contributed by atoms with Crippen molar-refractivity contribution in [2.45, 2.75) is 84.0 Å². The Morgan fingerprint density at radius 3 is 1.58 bits per heavy atom. The van der Waals surface area contributed by atoms with Crippen molar-refractivity contribution in [2.75, 3.05) is 6.61 Å². The lowest BCUT2D eigenvalue weighted by atomic mass is 10.1. The Morgan fingerprint density at radius 2 is 1.21 bits per heavy atom. The Kier molecular flexibility index (Phi) is 13.4. The van der Waals surface area contributed by atoms with Crippen molar-refractivity contribution < 1.29 is 33.5 Å². The quantitative estimate of drug-likeness (QED) is 0.222. The number of carbonyl (C=O) groups excluding carboxylic acids is 1. The zero-order valence-electron chi connectivity index (χ0n) is 14.6. The monoisotopic (exact) mass is 387 g/mol. The predicted molar refractivity (Wildman–Crippen MR) is 95.8 cm³/mol. The second-order valence-electron chi connectivity index (χ2n) is 6.09. The normalized spacial score (nSPS) is 14.5. The highest BCUT2D eigenvalue weighted by Crippen LogP contribution is 2.62. The van der Waals surface area contributed by atoms with Gasteiger partial charge < -0.3 is 9.42 Å². The molecule has 0 aromatic carbocycles. The molecule has 0 saturated carbocycles. The minimum absolute atomic E-state index is 0.128. The standard InChI is InChI=1S/C15H32O7P2/c1-2-3-4-5-6-7-8-9-10-11-12-13-14-22-24(20,21)15(16)23(17,18)19/h17-19H,2-14H2,1H3/p+1. The molecular weight excluding hydrogens is 354 g/mol. The topological polar surface area (TPSA) is 124 Å². The molecule has 0 aliphatic heterocycles. The van der Waals surface area contributed by atoms with E-state index in [4.69, 9.17) is 14.7 Å². The van der Waals surface area contributed by atoms with Crippen LogP contribution in [0, 0.1) is 0 Å². The second kappa shape index (κ2) is 13.3. The molecule has 0 aromatic heterocycles. The average molecular weight is 387 g/mol. The average Bonchev–Trinajstić information content (AvgIpc) is 2.50. The maximum absolute atomic E-state index is 11.4. The number of hydrogen-bond acceptors (Lipinski definition) is 6. The fourth-order valence-corrected chi connectivity index (χ4v) is 4.37. The van der Waals surface area contributed by atoms with Crippen molar-refractivity contribution in [3.8, 4) is 0 Å². The summed E-state index contributed by atoms with van der Waals surface area (Å²) in [7, 11) is -9.82. The highest BCUT2D eigenvalue weighted by atomic mass is 31.3. The number of carbonyl (C=O) groups is 1. The van der Waals surface area contributed by atoms with E-state index in [1.807, 2.05) is 0 Å².